The van der Waals surface area contributed by atoms with Gasteiger partial charge in [0.2, 0.25) is 0 Å². The number of aliphatic imine (C=N–C) groups is 1. The predicted molar refractivity (Wildman–Crippen MR) is 116 cm³/mol. The summed E-state index contributed by atoms with van der Waals surface area (Å²) in [6.07, 6.45) is 1.70. The summed E-state index contributed by atoms with van der Waals surface area (Å²) < 4.78 is 11.0. The third-order valence-corrected chi connectivity index (χ3v) is 5.13. The van der Waals surface area contributed by atoms with E-state index in [4.69, 9.17) is 14.3 Å². The molecule has 1 aromatic heterocycles. The molecule has 0 atom stereocenters. The third-order valence-electron chi connectivity index (χ3n) is 5.13. The monoisotopic (exact) mass is 399 g/mol. The van der Waals surface area contributed by atoms with Crippen molar-refractivity contribution in [3.8, 4) is 0 Å². The number of hydrogen-bond acceptors (Lipinski definition) is 5. The molecule has 0 spiro atoms. The van der Waals surface area contributed by atoms with Crippen molar-refractivity contribution in [3.63, 3.8) is 0 Å². The van der Waals surface area contributed by atoms with Crippen molar-refractivity contribution in [1.29, 1.82) is 0 Å². The number of para-hydroxylation sites is 1. The summed E-state index contributed by atoms with van der Waals surface area (Å²) in [5.41, 5.74) is 4.63. The molecule has 1 aliphatic rings. The van der Waals surface area contributed by atoms with E-state index in [1.165, 1.54) is 11.3 Å². The summed E-state index contributed by atoms with van der Waals surface area (Å²) in [5, 5.41) is 11.0. The lowest BCUT2D eigenvalue weighted by molar-refractivity contribution is 0.122. The lowest BCUT2D eigenvalue weighted by Crippen LogP contribution is -2.37. The highest BCUT2D eigenvalue weighted by molar-refractivity contribution is 5.79. The number of aromatic nitrogens is 1. The summed E-state index contributed by atoms with van der Waals surface area (Å²) >= 11 is 0. The Bertz CT molecular complexity index is 775. The molecule has 29 heavy (non-hydrogen) atoms. The van der Waals surface area contributed by atoms with Crippen molar-refractivity contribution in [3.05, 3.63) is 46.8 Å². The number of ether oxygens (including phenoxy) is 1. The highest BCUT2D eigenvalue weighted by Crippen LogP contribution is 2.22. The summed E-state index contributed by atoms with van der Waals surface area (Å²) in [6.45, 7) is 11.8. The van der Waals surface area contributed by atoms with Crippen molar-refractivity contribution in [2.45, 2.75) is 46.7 Å². The van der Waals surface area contributed by atoms with Crippen LogP contribution < -0.4 is 15.5 Å². The fourth-order valence-corrected chi connectivity index (χ4v) is 3.57. The number of hydrogen-bond donors (Lipinski definition) is 2. The molecule has 1 fully saturated rings. The van der Waals surface area contributed by atoms with Gasteiger partial charge in [0.05, 0.1) is 25.5 Å². The lowest BCUT2D eigenvalue weighted by atomic mass is 10.1. The maximum atomic E-state index is 5.49. The van der Waals surface area contributed by atoms with E-state index in [1.54, 1.807) is 0 Å². The molecule has 158 valence electrons. The maximum absolute atomic E-state index is 5.49. The molecule has 0 aliphatic carbocycles. The van der Waals surface area contributed by atoms with Crippen LogP contribution in [0.15, 0.2) is 33.8 Å². The molecular formula is C22H33N5O2. The largest absolute Gasteiger partial charge is 0.378 e. The second-order valence-corrected chi connectivity index (χ2v) is 7.01. The lowest BCUT2D eigenvalue weighted by Gasteiger charge is -2.30. The Kier molecular flexibility index (Phi) is 7.93. The van der Waals surface area contributed by atoms with Gasteiger partial charge in [-0.15, -0.1) is 0 Å². The van der Waals surface area contributed by atoms with Gasteiger partial charge in [-0.05, 0) is 25.0 Å². The highest BCUT2D eigenvalue weighted by Gasteiger charge is 2.15. The average Bonchev–Trinajstić information content (AvgIpc) is 3.18. The van der Waals surface area contributed by atoms with E-state index in [2.05, 4.69) is 65.7 Å². The van der Waals surface area contributed by atoms with E-state index in [0.717, 1.165) is 68.7 Å². The van der Waals surface area contributed by atoms with Gasteiger partial charge < -0.3 is 24.8 Å². The van der Waals surface area contributed by atoms with E-state index < -0.39 is 0 Å². The Morgan fingerprint density at radius 3 is 2.62 bits per heavy atom. The Morgan fingerprint density at radius 1 is 1.10 bits per heavy atom. The first-order valence-corrected chi connectivity index (χ1v) is 10.7. The van der Waals surface area contributed by atoms with Crippen LogP contribution in [-0.4, -0.2) is 44.0 Å². The van der Waals surface area contributed by atoms with E-state index >= 15 is 0 Å². The van der Waals surface area contributed by atoms with Crippen LogP contribution in [0.5, 0.6) is 0 Å². The van der Waals surface area contributed by atoms with Gasteiger partial charge in [0, 0.05) is 43.9 Å². The molecule has 0 bridgehead atoms. The third kappa shape index (κ3) is 5.50. The van der Waals surface area contributed by atoms with Crippen LogP contribution >= 0.6 is 0 Å². The van der Waals surface area contributed by atoms with Gasteiger partial charge in [0.15, 0.2) is 5.96 Å². The van der Waals surface area contributed by atoms with Gasteiger partial charge in [-0.25, -0.2) is 4.99 Å². The normalized spacial score (nSPS) is 14.9. The molecule has 2 N–H and O–H groups in total. The van der Waals surface area contributed by atoms with Gasteiger partial charge in [-0.3, -0.25) is 0 Å². The molecule has 1 saturated heterocycles. The summed E-state index contributed by atoms with van der Waals surface area (Å²) in [5.74, 6) is 1.75. The molecule has 1 aliphatic heterocycles. The van der Waals surface area contributed by atoms with E-state index in [1.807, 2.05) is 0 Å². The minimum absolute atomic E-state index is 0.619. The second-order valence-electron chi connectivity index (χ2n) is 7.01. The molecule has 7 heteroatoms. The zero-order chi connectivity index (χ0) is 20.5. The van der Waals surface area contributed by atoms with Crippen molar-refractivity contribution in [1.82, 2.24) is 15.8 Å². The maximum Gasteiger partial charge on any atom is 0.191 e. The molecule has 0 unspecified atom stereocenters. The quantitative estimate of drug-likeness (QED) is 0.525. The minimum Gasteiger partial charge on any atom is -0.378 e. The first kappa shape index (κ1) is 21.2. The van der Waals surface area contributed by atoms with E-state index in [0.29, 0.717) is 13.1 Å². The standard InChI is InChI=1S/C22H33N5O2/c1-4-19-18(21(5-2)29-26-19)16-25-22(23-6-3)24-15-17-9-7-8-10-20(17)27-11-13-28-14-12-27/h7-10H,4-6,11-16H2,1-3H3,(H2,23,24,25). The van der Waals surface area contributed by atoms with Crippen LogP contribution in [0.25, 0.3) is 0 Å². The van der Waals surface area contributed by atoms with Crippen LogP contribution in [0.2, 0.25) is 0 Å². The zero-order valence-corrected chi connectivity index (χ0v) is 17.8. The highest BCUT2D eigenvalue weighted by atomic mass is 16.5. The van der Waals surface area contributed by atoms with Crippen molar-refractivity contribution < 1.29 is 9.26 Å². The van der Waals surface area contributed by atoms with E-state index in [9.17, 15) is 0 Å². The first-order valence-electron chi connectivity index (χ1n) is 10.7. The first-order chi connectivity index (χ1) is 14.3. The molecule has 1 aromatic carbocycles. The van der Waals surface area contributed by atoms with Crippen LogP contribution in [0.3, 0.4) is 0 Å². The van der Waals surface area contributed by atoms with Crippen molar-refractivity contribution >= 4 is 11.6 Å². The number of nitrogens with zero attached hydrogens (tertiary/aromatic N) is 3. The molecule has 0 saturated carbocycles. The van der Waals surface area contributed by atoms with Crippen molar-refractivity contribution in [2.75, 3.05) is 37.7 Å². The average molecular weight is 400 g/mol. The number of anilines is 1. The number of benzene rings is 1. The Morgan fingerprint density at radius 2 is 1.90 bits per heavy atom. The number of guanidine groups is 1. The molecule has 0 radical (unpaired) electrons. The predicted octanol–water partition coefficient (Wildman–Crippen LogP) is 2.89. The van der Waals surface area contributed by atoms with Gasteiger partial charge in [-0.1, -0.05) is 37.2 Å². The molecule has 2 aromatic rings. The molecule has 3 rings (SSSR count). The van der Waals surface area contributed by atoms with Crippen LogP contribution in [0.4, 0.5) is 5.69 Å². The van der Waals surface area contributed by atoms with Crippen LogP contribution in [0.1, 0.15) is 43.4 Å². The van der Waals surface area contributed by atoms with E-state index in [-0.39, 0.29) is 0 Å². The summed E-state index contributed by atoms with van der Waals surface area (Å²) in [4.78, 5) is 7.22. The zero-order valence-electron chi connectivity index (χ0n) is 17.8. The fraction of sp³-hybridized carbons (Fsp3) is 0.545. The van der Waals surface area contributed by atoms with Gasteiger partial charge in [0.1, 0.15) is 5.76 Å². The Hall–Kier alpha value is -2.54. The van der Waals surface area contributed by atoms with Crippen LogP contribution in [-0.2, 0) is 30.7 Å². The summed E-state index contributed by atoms with van der Waals surface area (Å²) in [7, 11) is 0. The van der Waals surface area contributed by atoms with Crippen LogP contribution in [0, 0.1) is 0 Å². The minimum atomic E-state index is 0.619. The molecule has 2 heterocycles. The number of nitrogens with one attached hydrogen (secondary N) is 2. The SMILES string of the molecule is CCNC(=NCc1ccccc1N1CCOCC1)NCc1c(CC)noc1CC. The second kappa shape index (κ2) is 10.9. The number of aryl methyl sites for hydroxylation is 2. The van der Waals surface area contributed by atoms with Gasteiger partial charge in [-0.2, -0.15) is 0 Å². The Labute approximate surface area is 173 Å². The smallest absolute Gasteiger partial charge is 0.191 e. The van der Waals surface area contributed by atoms with Crippen molar-refractivity contribution in [2.24, 2.45) is 4.99 Å². The molecule has 7 nitrogen and oxygen atoms in total. The fourth-order valence-electron chi connectivity index (χ4n) is 3.57. The molecular weight excluding hydrogens is 366 g/mol. The summed E-state index contributed by atoms with van der Waals surface area (Å²) in [6, 6.07) is 8.50. The van der Waals surface area contributed by atoms with Gasteiger partial charge >= 0.3 is 0 Å². The number of morpholine rings is 1. The topological polar surface area (TPSA) is 74.9 Å². The number of rotatable bonds is 8. The molecule has 0 amide bonds. The Balaban J connectivity index is 1.71. The van der Waals surface area contributed by atoms with Gasteiger partial charge in [0.25, 0.3) is 0 Å².